The van der Waals surface area contributed by atoms with E-state index in [2.05, 4.69) is 25.6 Å². The van der Waals surface area contributed by atoms with E-state index in [9.17, 15) is 13.2 Å². The maximum absolute atomic E-state index is 12.3. The van der Waals surface area contributed by atoms with Crippen molar-refractivity contribution in [1.29, 1.82) is 0 Å². The smallest absolute Gasteiger partial charge is 0.257 e. The Morgan fingerprint density at radius 2 is 1.67 bits per heavy atom. The van der Waals surface area contributed by atoms with Crippen LogP contribution in [0.1, 0.15) is 21.6 Å². The van der Waals surface area contributed by atoms with Crippen LogP contribution >= 0.6 is 0 Å². The number of carbonyl (C=O) groups excluding carboxylic acids is 1. The number of aryl methyl sites for hydroxylation is 2. The lowest BCUT2D eigenvalue weighted by Gasteiger charge is -2.20. The third kappa shape index (κ3) is 6.42. The van der Waals surface area contributed by atoms with Crippen LogP contribution in [0.4, 0.5) is 23.0 Å². The molecule has 184 valence electrons. The molecule has 0 spiro atoms. The van der Waals surface area contributed by atoms with Gasteiger partial charge in [-0.15, -0.1) is 0 Å². The first-order valence-corrected chi connectivity index (χ1v) is 13.1. The molecule has 9 nitrogen and oxygen atoms in total. The van der Waals surface area contributed by atoms with Crippen molar-refractivity contribution in [3.05, 3.63) is 102 Å². The highest BCUT2D eigenvalue weighted by Crippen LogP contribution is 2.23. The standard InChI is InChI=1S/C26H26N6O3S/c1-32(36(2,34)35)24-8-4-3-6-19(24)9-10-23-15-17-28-26(31-23)30-22-13-11-21(12-14-22)29-25(33)20-7-5-16-27-18-20/h3-8,11-18H,9-10H2,1-2H3,(H,29,33)(H,28,30,31). The highest BCUT2D eigenvalue weighted by atomic mass is 32.2. The summed E-state index contributed by atoms with van der Waals surface area (Å²) in [6, 6.07) is 19.9. The molecule has 0 saturated heterocycles. The first-order chi connectivity index (χ1) is 17.3. The zero-order valence-corrected chi connectivity index (χ0v) is 20.7. The van der Waals surface area contributed by atoms with Crippen molar-refractivity contribution in [1.82, 2.24) is 15.0 Å². The second-order valence-electron chi connectivity index (χ2n) is 8.13. The first-order valence-electron chi connectivity index (χ1n) is 11.2. The number of benzene rings is 2. The molecule has 2 aromatic carbocycles. The quantitative estimate of drug-likeness (QED) is 0.355. The number of pyridine rings is 1. The van der Waals surface area contributed by atoms with Crippen LogP contribution in [0, 0.1) is 0 Å². The van der Waals surface area contributed by atoms with Gasteiger partial charge in [-0.2, -0.15) is 0 Å². The van der Waals surface area contributed by atoms with Crippen LogP contribution < -0.4 is 14.9 Å². The van der Waals surface area contributed by atoms with E-state index >= 15 is 0 Å². The number of rotatable bonds is 9. The molecule has 0 saturated carbocycles. The molecule has 0 unspecified atom stereocenters. The Morgan fingerprint density at radius 1 is 0.917 bits per heavy atom. The van der Waals surface area contributed by atoms with E-state index < -0.39 is 10.0 Å². The Hall–Kier alpha value is -4.31. The molecule has 0 bridgehead atoms. The third-order valence-electron chi connectivity index (χ3n) is 5.51. The van der Waals surface area contributed by atoms with Crippen molar-refractivity contribution in [3.8, 4) is 0 Å². The Balaban J connectivity index is 1.39. The molecular formula is C26H26N6O3S. The molecule has 0 fully saturated rings. The Kier molecular flexibility index (Phi) is 7.55. The minimum absolute atomic E-state index is 0.232. The van der Waals surface area contributed by atoms with Crippen molar-refractivity contribution in [3.63, 3.8) is 0 Å². The summed E-state index contributed by atoms with van der Waals surface area (Å²) < 4.78 is 25.3. The summed E-state index contributed by atoms with van der Waals surface area (Å²) in [5, 5.41) is 6.01. The number of anilines is 4. The van der Waals surface area contributed by atoms with Gasteiger partial charge in [-0.25, -0.2) is 18.4 Å². The first kappa shape index (κ1) is 24.8. The summed E-state index contributed by atoms with van der Waals surface area (Å²) in [5.74, 6) is 0.213. The van der Waals surface area contributed by atoms with Gasteiger partial charge >= 0.3 is 0 Å². The molecule has 0 aliphatic heterocycles. The van der Waals surface area contributed by atoms with Gasteiger partial charge in [-0.3, -0.25) is 14.1 Å². The van der Waals surface area contributed by atoms with Gasteiger partial charge < -0.3 is 10.6 Å². The highest BCUT2D eigenvalue weighted by Gasteiger charge is 2.15. The van der Waals surface area contributed by atoms with Gasteiger partial charge in [0.15, 0.2) is 0 Å². The minimum atomic E-state index is -3.36. The summed E-state index contributed by atoms with van der Waals surface area (Å²) in [6.45, 7) is 0. The van der Waals surface area contributed by atoms with Gasteiger partial charge in [0.2, 0.25) is 16.0 Å². The van der Waals surface area contributed by atoms with Crippen LogP contribution in [0.5, 0.6) is 0 Å². The number of para-hydroxylation sites is 1. The molecule has 0 aliphatic carbocycles. The molecule has 0 aliphatic rings. The summed E-state index contributed by atoms with van der Waals surface area (Å²) in [6.07, 6.45) is 7.24. The van der Waals surface area contributed by atoms with E-state index in [1.165, 1.54) is 16.8 Å². The van der Waals surface area contributed by atoms with Gasteiger partial charge in [0.05, 0.1) is 17.5 Å². The topological polar surface area (TPSA) is 117 Å². The number of hydrogen-bond donors (Lipinski definition) is 2. The molecule has 2 heterocycles. The normalized spacial score (nSPS) is 11.1. The van der Waals surface area contributed by atoms with Crippen LogP contribution in [-0.4, -0.2) is 42.6 Å². The molecule has 4 rings (SSSR count). The van der Waals surface area contributed by atoms with Crippen molar-refractivity contribution in [2.24, 2.45) is 0 Å². The molecular weight excluding hydrogens is 476 g/mol. The van der Waals surface area contributed by atoms with Crippen LogP contribution in [0.15, 0.2) is 85.3 Å². The maximum Gasteiger partial charge on any atom is 0.257 e. The maximum atomic E-state index is 12.3. The van der Waals surface area contributed by atoms with Gasteiger partial charge in [-0.1, -0.05) is 18.2 Å². The molecule has 4 aromatic rings. The number of nitrogens with zero attached hydrogens (tertiary/aromatic N) is 4. The van der Waals surface area contributed by atoms with E-state index in [4.69, 9.17) is 0 Å². The highest BCUT2D eigenvalue weighted by molar-refractivity contribution is 7.92. The second-order valence-corrected chi connectivity index (χ2v) is 10.1. The molecule has 0 radical (unpaired) electrons. The van der Waals surface area contributed by atoms with E-state index in [1.807, 2.05) is 36.4 Å². The molecule has 10 heteroatoms. The van der Waals surface area contributed by atoms with Crippen LogP contribution in [0.2, 0.25) is 0 Å². The van der Waals surface area contributed by atoms with Gasteiger partial charge in [0.25, 0.3) is 5.91 Å². The van der Waals surface area contributed by atoms with Crippen molar-refractivity contribution in [2.75, 3.05) is 28.2 Å². The van der Waals surface area contributed by atoms with E-state index in [1.54, 1.807) is 49.8 Å². The van der Waals surface area contributed by atoms with E-state index in [0.717, 1.165) is 16.9 Å². The van der Waals surface area contributed by atoms with Crippen LogP contribution in [0.3, 0.4) is 0 Å². The lowest BCUT2D eigenvalue weighted by atomic mass is 10.1. The monoisotopic (exact) mass is 502 g/mol. The van der Waals surface area contributed by atoms with Crippen molar-refractivity contribution < 1.29 is 13.2 Å². The zero-order valence-electron chi connectivity index (χ0n) is 19.9. The summed E-state index contributed by atoms with van der Waals surface area (Å²) in [5.41, 5.74) is 4.30. The Labute approximate surface area is 210 Å². The second kappa shape index (κ2) is 11.0. The fourth-order valence-electron chi connectivity index (χ4n) is 3.53. The number of hydrogen-bond acceptors (Lipinski definition) is 7. The fraction of sp³-hybridized carbons (Fsp3) is 0.154. The molecule has 2 N–H and O–H groups in total. The fourth-order valence-corrected chi connectivity index (χ4v) is 4.07. The summed E-state index contributed by atoms with van der Waals surface area (Å²) in [7, 11) is -1.80. The largest absolute Gasteiger partial charge is 0.324 e. The molecule has 36 heavy (non-hydrogen) atoms. The minimum Gasteiger partial charge on any atom is -0.324 e. The average molecular weight is 503 g/mol. The molecule has 1 amide bonds. The molecule has 0 atom stereocenters. The van der Waals surface area contributed by atoms with Crippen molar-refractivity contribution >= 4 is 38.9 Å². The van der Waals surface area contributed by atoms with Crippen LogP contribution in [-0.2, 0) is 22.9 Å². The zero-order chi connectivity index (χ0) is 25.5. The molecule has 2 aromatic heterocycles. The average Bonchev–Trinajstić information content (AvgIpc) is 2.88. The summed E-state index contributed by atoms with van der Waals surface area (Å²) >= 11 is 0. The number of aromatic nitrogens is 3. The van der Waals surface area contributed by atoms with Gasteiger partial charge in [-0.05, 0) is 66.9 Å². The summed E-state index contributed by atoms with van der Waals surface area (Å²) in [4.78, 5) is 25.1. The SMILES string of the molecule is CN(c1ccccc1CCc1ccnc(Nc2ccc(NC(=O)c3cccnc3)cc2)n1)S(C)(=O)=O. The number of sulfonamides is 1. The Morgan fingerprint density at radius 3 is 2.39 bits per heavy atom. The predicted octanol–water partition coefficient (Wildman–Crippen LogP) is 4.05. The third-order valence-corrected chi connectivity index (χ3v) is 6.71. The van der Waals surface area contributed by atoms with E-state index in [-0.39, 0.29) is 5.91 Å². The Bertz CT molecular complexity index is 1440. The predicted molar refractivity (Wildman–Crippen MR) is 141 cm³/mol. The number of nitrogens with one attached hydrogen (secondary N) is 2. The van der Waals surface area contributed by atoms with Crippen LogP contribution in [0.25, 0.3) is 0 Å². The van der Waals surface area contributed by atoms with E-state index in [0.29, 0.717) is 35.7 Å². The lowest BCUT2D eigenvalue weighted by molar-refractivity contribution is 0.102. The van der Waals surface area contributed by atoms with Crippen molar-refractivity contribution in [2.45, 2.75) is 12.8 Å². The van der Waals surface area contributed by atoms with Gasteiger partial charge in [0, 0.05) is 42.7 Å². The number of carbonyl (C=O) groups is 1. The number of amides is 1. The lowest BCUT2D eigenvalue weighted by Crippen LogP contribution is -2.26. The van der Waals surface area contributed by atoms with Gasteiger partial charge in [0.1, 0.15) is 0 Å².